The average molecular weight is 308 g/mol. The summed E-state index contributed by atoms with van der Waals surface area (Å²) in [6, 6.07) is 2.56. The zero-order valence-electron chi connectivity index (χ0n) is 10.8. The van der Waals surface area contributed by atoms with Crippen molar-refractivity contribution in [3.05, 3.63) is 63.3 Å². The molecule has 2 heterocycles. The summed E-state index contributed by atoms with van der Waals surface area (Å²) in [5.41, 5.74) is -2.62. The van der Waals surface area contributed by atoms with E-state index in [9.17, 15) is 22.8 Å². The third-order valence-corrected chi connectivity index (χ3v) is 3.04. The zero-order valence-corrected chi connectivity index (χ0v) is 10.8. The van der Waals surface area contributed by atoms with Crippen molar-refractivity contribution in [2.75, 3.05) is 0 Å². The van der Waals surface area contributed by atoms with Gasteiger partial charge >= 0.3 is 11.9 Å². The monoisotopic (exact) mass is 308 g/mol. The molecule has 0 radical (unpaired) electrons. The molecule has 0 aliphatic heterocycles. The summed E-state index contributed by atoms with van der Waals surface area (Å²) in [6.45, 7) is 0. The van der Waals surface area contributed by atoms with Crippen LogP contribution in [0.2, 0.25) is 0 Å². The first-order chi connectivity index (χ1) is 10.4. The predicted octanol–water partition coefficient (Wildman–Crippen LogP) is 1.49. The Labute approximate surface area is 119 Å². The van der Waals surface area contributed by atoms with Crippen molar-refractivity contribution in [3.63, 3.8) is 0 Å². The fourth-order valence-electron chi connectivity index (χ4n) is 2.08. The van der Waals surface area contributed by atoms with E-state index in [2.05, 4.69) is 15.0 Å². The maximum absolute atomic E-state index is 12.9. The first-order valence-corrected chi connectivity index (χ1v) is 5.99. The highest BCUT2D eigenvalue weighted by atomic mass is 19.4. The van der Waals surface area contributed by atoms with Crippen LogP contribution in [-0.2, 0) is 6.18 Å². The number of fused-ring (bicyclic) bond motifs is 1. The van der Waals surface area contributed by atoms with Crippen molar-refractivity contribution in [1.82, 2.24) is 19.5 Å². The van der Waals surface area contributed by atoms with E-state index in [-0.39, 0.29) is 16.6 Å². The van der Waals surface area contributed by atoms with Crippen molar-refractivity contribution in [3.8, 4) is 5.69 Å². The van der Waals surface area contributed by atoms with Crippen molar-refractivity contribution in [2.24, 2.45) is 0 Å². The van der Waals surface area contributed by atoms with Crippen LogP contribution in [0.4, 0.5) is 13.2 Å². The molecule has 6 nitrogen and oxygen atoms in total. The van der Waals surface area contributed by atoms with Gasteiger partial charge in [-0.25, -0.2) is 14.8 Å². The average Bonchev–Trinajstić information content (AvgIpc) is 2.47. The first-order valence-electron chi connectivity index (χ1n) is 5.99. The summed E-state index contributed by atoms with van der Waals surface area (Å²) in [5, 5.41) is -0.0450. The molecule has 1 N–H and O–H groups in total. The molecular weight excluding hydrogens is 301 g/mol. The lowest BCUT2D eigenvalue weighted by Gasteiger charge is -2.11. The number of halogens is 3. The first kappa shape index (κ1) is 14.0. The minimum Gasteiger partial charge on any atom is -0.273 e. The molecule has 0 unspecified atom stereocenters. The van der Waals surface area contributed by atoms with Crippen molar-refractivity contribution in [1.29, 1.82) is 0 Å². The van der Waals surface area contributed by atoms with Crippen molar-refractivity contribution < 1.29 is 13.2 Å². The van der Waals surface area contributed by atoms with E-state index < -0.39 is 23.0 Å². The molecule has 2 aromatic heterocycles. The third kappa shape index (κ3) is 2.26. The summed E-state index contributed by atoms with van der Waals surface area (Å²) >= 11 is 0. The number of alkyl halides is 3. The van der Waals surface area contributed by atoms with Gasteiger partial charge in [0.2, 0.25) is 0 Å². The maximum Gasteiger partial charge on any atom is 0.416 e. The molecule has 0 bridgehead atoms. The molecule has 22 heavy (non-hydrogen) atoms. The Balaban J connectivity index is 2.45. The Bertz CT molecular complexity index is 961. The Kier molecular flexibility index (Phi) is 3.05. The van der Waals surface area contributed by atoms with Crippen LogP contribution in [0.1, 0.15) is 5.56 Å². The Morgan fingerprint density at radius 3 is 2.41 bits per heavy atom. The van der Waals surface area contributed by atoms with Crippen LogP contribution in [0.25, 0.3) is 16.6 Å². The van der Waals surface area contributed by atoms with Crippen LogP contribution in [0.3, 0.4) is 0 Å². The molecule has 0 atom stereocenters. The highest BCUT2D eigenvalue weighted by Gasteiger charge is 2.31. The summed E-state index contributed by atoms with van der Waals surface area (Å²) in [4.78, 5) is 33.2. The van der Waals surface area contributed by atoms with Crippen LogP contribution in [0.5, 0.6) is 0 Å². The van der Waals surface area contributed by atoms with Crippen LogP contribution < -0.4 is 11.2 Å². The summed E-state index contributed by atoms with van der Waals surface area (Å²) in [5.74, 6) is 0. The van der Waals surface area contributed by atoms with Gasteiger partial charge in [0.15, 0.2) is 0 Å². The van der Waals surface area contributed by atoms with Crippen LogP contribution >= 0.6 is 0 Å². The standard InChI is InChI=1S/C13H7F3N4O2/c14-13(15,16)7-1-2-9-10(3-7)20(12(22)19-11(9)21)8-4-17-6-18-5-8/h1-6H,(H,19,21,22). The molecule has 0 saturated heterocycles. The lowest BCUT2D eigenvalue weighted by molar-refractivity contribution is -0.137. The smallest absolute Gasteiger partial charge is 0.273 e. The van der Waals surface area contributed by atoms with E-state index in [0.717, 1.165) is 22.8 Å². The number of aromatic nitrogens is 4. The third-order valence-electron chi connectivity index (χ3n) is 3.04. The fourth-order valence-corrected chi connectivity index (χ4v) is 2.08. The van der Waals surface area contributed by atoms with Crippen molar-refractivity contribution >= 4 is 10.9 Å². The number of H-pyrrole nitrogens is 1. The Morgan fingerprint density at radius 2 is 1.77 bits per heavy atom. The molecule has 0 aliphatic rings. The van der Waals surface area contributed by atoms with Crippen LogP contribution in [0.15, 0.2) is 46.5 Å². The Hall–Kier alpha value is -2.97. The molecule has 112 valence electrons. The molecule has 3 aromatic rings. The number of benzene rings is 1. The Morgan fingerprint density at radius 1 is 1.09 bits per heavy atom. The SMILES string of the molecule is O=c1[nH]c(=O)n(-c2cncnc2)c2cc(C(F)(F)F)ccc12. The van der Waals surface area contributed by atoms with Crippen molar-refractivity contribution in [2.45, 2.75) is 6.18 Å². The fraction of sp³-hybridized carbons (Fsp3) is 0.0769. The zero-order chi connectivity index (χ0) is 15.9. The topological polar surface area (TPSA) is 80.6 Å². The van der Waals surface area contributed by atoms with Crippen LogP contribution in [0, 0.1) is 0 Å². The lowest BCUT2D eigenvalue weighted by Crippen LogP contribution is -2.29. The van der Waals surface area contributed by atoms with E-state index in [0.29, 0.717) is 0 Å². The molecule has 0 amide bonds. The maximum atomic E-state index is 12.9. The van der Waals surface area contributed by atoms with E-state index in [1.54, 1.807) is 0 Å². The number of nitrogens with zero attached hydrogens (tertiary/aromatic N) is 3. The number of nitrogens with one attached hydrogen (secondary N) is 1. The minimum absolute atomic E-state index is 0.0450. The quantitative estimate of drug-likeness (QED) is 0.738. The normalized spacial score (nSPS) is 11.8. The molecule has 9 heteroatoms. The highest BCUT2D eigenvalue weighted by Crippen LogP contribution is 2.30. The number of hydrogen-bond donors (Lipinski definition) is 1. The summed E-state index contributed by atoms with van der Waals surface area (Å²) in [6.07, 6.45) is -0.868. The van der Waals surface area contributed by atoms with Gasteiger partial charge in [0.1, 0.15) is 6.33 Å². The predicted molar refractivity (Wildman–Crippen MR) is 70.8 cm³/mol. The molecule has 0 fully saturated rings. The summed E-state index contributed by atoms with van der Waals surface area (Å²) < 4.78 is 39.5. The van der Waals surface area contributed by atoms with Gasteiger partial charge in [0.25, 0.3) is 5.56 Å². The number of hydrogen-bond acceptors (Lipinski definition) is 4. The van der Waals surface area contributed by atoms with E-state index in [1.807, 2.05) is 0 Å². The van der Waals surface area contributed by atoms with E-state index in [1.165, 1.54) is 18.7 Å². The van der Waals surface area contributed by atoms with Gasteiger partial charge in [-0.3, -0.25) is 14.3 Å². The summed E-state index contributed by atoms with van der Waals surface area (Å²) in [7, 11) is 0. The molecule has 3 rings (SSSR count). The van der Waals surface area contributed by atoms with Crippen LogP contribution in [-0.4, -0.2) is 19.5 Å². The van der Waals surface area contributed by atoms with Gasteiger partial charge in [0.05, 0.1) is 34.5 Å². The van der Waals surface area contributed by atoms with Gasteiger partial charge in [0, 0.05) is 0 Å². The van der Waals surface area contributed by atoms with E-state index in [4.69, 9.17) is 0 Å². The molecule has 1 aromatic carbocycles. The molecule has 0 saturated carbocycles. The van der Waals surface area contributed by atoms with Gasteiger partial charge in [-0.2, -0.15) is 13.2 Å². The highest BCUT2D eigenvalue weighted by molar-refractivity contribution is 5.80. The van der Waals surface area contributed by atoms with Gasteiger partial charge in [-0.05, 0) is 18.2 Å². The largest absolute Gasteiger partial charge is 0.416 e. The van der Waals surface area contributed by atoms with E-state index >= 15 is 0 Å². The van der Waals surface area contributed by atoms with Gasteiger partial charge < -0.3 is 0 Å². The molecule has 0 spiro atoms. The minimum atomic E-state index is -4.59. The van der Waals surface area contributed by atoms with Gasteiger partial charge in [-0.1, -0.05) is 0 Å². The van der Waals surface area contributed by atoms with Gasteiger partial charge in [-0.15, -0.1) is 0 Å². The number of aromatic amines is 1. The second-order valence-electron chi connectivity index (χ2n) is 4.42. The number of rotatable bonds is 1. The lowest BCUT2D eigenvalue weighted by atomic mass is 10.1. The second kappa shape index (κ2) is 4.79. The molecule has 0 aliphatic carbocycles. The second-order valence-corrected chi connectivity index (χ2v) is 4.42. The molecular formula is C13H7F3N4O2.